The summed E-state index contributed by atoms with van der Waals surface area (Å²) in [5, 5.41) is 8.88. The summed E-state index contributed by atoms with van der Waals surface area (Å²) in [5.74, 6) is -0.00779. The summed E-state index contributed by atoms with van der Waals surface area (Å²) in [6, 6.07) is 6.70. The monoisotopic (exact) mass is 258 g/mol. The highest BCUT2D eigenvalue weighted by Gasteiger charge is 2.09. The number of ether oxygens (including phenoxy) is 1. The van der Waals surface area contributed by atoms with Crippen molar-refractivity contribution < 1.29 is 14.6 Å². The highest BCUT2D eigenvalue weighted by Crippen LogP contribution is 2.25. The van der Waals surface area contributed by atoms with Crippen LogP contribution in [0.4, 0.5) is 0 Å². The first kappa shape index (κ1) is 13.0. The summed E-state index contributed by atoms with van der Waals surface area (Å²) >= 11 is 0. The van der Waals surface area contributed by atoms with Crippen molar-refractivity contribution >= 4 is 5.97 Å². The maximum absolute atomic E-state index is 10.8. The lowest BCUT2D eigenvalue weighted by molar-refractivity contribution is 0.0690. The van der Waals surface area contributed by atoms with Crippen molar-refractivity contribution in [3.05, 3.63) is 47.5 Å². The van der Waals surface area contributed by atoms with Crippen LogP contribution in [0.3, 0.4) is 0 Å². The smallest absolute Gasteiger partial charge is 0.354 e. The molecule has 5 heteroatoms. The molecule has 0 atom stereocenters. The first-order valence-corrected chi connectivity index (χ1v) is 5.94. The van der Waals surface area contributed by atoms with E-state index in [2.05, 4.69) is 9.97 Å². The molecule has 0 aliphatic carbocycles. The van der Waals surface area contributed by atoms with Gasteiger partial charge in [0, 0.05) is 18.0 Å². The van der Waals surface area contributed by atoms with Gasteiger partial charge in [0.25, 0.3) is 0 Å². The lowest BCUT2D eigenvalue weighted by Crippen LogP contribution is -2.01. The summed E-state index contributed by atoms with van der Waals surface area (Å²) < 4.78 is 5.68. The molecule has 0 saturated heterocycles. The molecule has 5 nitrogen and oxygen atoms in total. The van der Waals surface area contributed by atoms with E-state index in [0.29, 0.717) is 11.5 Å². The zero-order valence-electron chi connectivity index (χ0n) is 10.8. The molecule has 0 fully saturated rings. The average molecular weight is 258 g/mol. The molecule has 19 heavy (non-hydrogen) atoms. The maximum Gasteiger partial charge on any atom is 0.354 e. The summed E-state index contributed by atoms with van der Waals surface area (Å²) in [6.45, 7) is 3.90. The Hall–Kier alpha value is -2.43. The number of pyridine rings is 2. The van der Waals surface area contributed by atoms with E-state index in [0.717, 1.165) is 17.8 Å². The van der Waals surface area contributed by atoms with Gasteiger partial charge in [0.1, 0.15) is 11.5 Å². The molecule has 0 aliphatic heterocycles. The number of carboxylic acid groups (broad SMARTS) is 1. The van der Waals surface area contributed by atoms with Crippen LogP contribution in [0, 0.1) is 6.92 Å². The van der Waals surface area contributed by atoms with Crippen molar-refractivity contribution in [3.8, 4) is 11.5 Å². The predicted octanol–water partition coefficient (Wildman–Crippen LogP) is 2.84. The number of nitrogens with zero attached hydrogens (tertiary/aromatic N) is 2. The summed E-state index contributed by atoms with van der Waals surface area (Å²) in [5.41, 5.74) is 1.72. The molecular weight excluding hydrogens is 244 g/mol. The number of hydrogen-bond acceptors (Lipinski definition) is 4. The topological polar surface area (TPSA) is 72.3 Å². The molecule has 2 heterocycles. The summed E-state index contributed by atoms with van der Waals surface area (Å²) in [6.07, 6.45) is 2.15. The quantitative estimate of drug-likeness (QED) is 0.912. The molecule has 98 valence electrons. The fraction of sp³-hybridized carbons (Fsp3) is 0.214. The Balaban J connectivity index is 2.30. The van der Waals surface area contributed by atoms with Gasteiger partial charge in [-0.05, 0) is 31.5 Å². The van der Waals surface area contributed by atoms with Gasteiger partial charge in [-0.2, -0.15) is 0 Å². The van der Waals surface area contributed by atoms with Gasteiger partial charge in [0.15, 0.2) is 5.69 Å². The molecule has 2 aromatic rings. The molecule has 0 amide bonds. The Morgan fingerprint density at radius 3 is 2.84 bits per heavy atom. The molecule has 0 bridgehead atoms. The third-order valence-electron chi connectivity index (χ3n) is 2.58. The minimum Gasteiger partial charge on any atom is -0.477 e. The minimum absolute atomic E-state index is 0.0457. The van der Waals surface area contributed by atoms with Crippen molar-refractivity contribution in [2.45, 2.75) is 20.3 Å². The summed E-state index contributed by atoms with van der Waals surface area (Å²) in [7, 11) is 0. The lowest BCUT2D eigenvalue weighted by Gasteiger charge is -2.10. The molecule has 2 rings (SSSR count). The SMILES string of the molecule is CCc1nc(C)ccc1Oc1ccnc(C(=O)O)c1. The van der Waals surface area contributed by atoms with Crippen LogP contribution in [-0.4, -0.2) is 21.0 Å². The van der Waals surface area contributed by atoms with E-state index in [1.54, 1.807) is 6.07 Å². The highest BCUT2D eigenvalue weighted by atomic mass is 16.5. The number of aryl methyl sites for hydroxylation is 2. The Labute approximate surface area is 110 Å². The van der Waals surface area contributed by atoms with Gasteiger partial charge >= 0.3 is 5.97 Å². The molecule has 0 aromatic carbocycles. The van der Waals surface area contributed by atoms with Gasteiger partial charge in [0.05, 0.1) is 5.69 Å². The van der Waals surface area contributed by atoms with E-state index in [1.807, 2.05) is 26.0 Å². The molecular formula is C14H14N2O3. The van der Waals surface area contributed by atoms with Gasteiger partial charge in [-0.25, -0.2) is 9.78 Å². The van der Waals surface area contributed by atoms with Crippen LogP contribution in [0.2, 0.25) is 0 Å². The molecule has 0 unspecified atom stereocenters. The first-order valence-electron chi connectivity index (χ1n) is 5.94. The Kier molecular flexibility index (Phi) is 3.75. The number of aromatic nitrogens is 2. The van der Waals surface area contributed by atoms with Gasteiger partial charge < -0.3 is 9.84 Å². The molecule has 0 aliphatic rings. The second-order valence-corrected chi connectivity index (χ2v) is 4.04. The number of carbonyl (C=O) groups is 1. The third-order valence-corrected chi connectivity index (χ3v) is 2.58. The number of aromatic carboxylic acids is 1. The molecule has 2 aromatic heterocycles. The second kappa shape index (κ2) is 5.48. The van der Waals surface area contributed by atoms with E-state index in [1.165, 1.54) is 12.3 Å². The molecule has 1 N–H and O–H groups in total. The Morgan fingerprint density at radius 2 is 2.16 bits per heavy atom. The van der Waals surface area contributed by atoms with Gasteiger partial charge in [-0.3, -0.25) is 4.98 Å². The van der Waals surface area contributed by atoms with Crippen molar-refractivity contribution in [1.82, 2.24) is 9.97 Å². The molecule has 0 saturated carbocycles. The normalized spacial score (nSPS) is 10.2. The van der Waals surface area contributed by atoms with E-state index < -0.39 is 5.97 Å². The molecule has 0 radical (unpaired) electrons. The Bertz CT molecular complexity index is 611. The fourth-order valence-electron chi connectivity index (χ4n) is 1.66. The van der Waals surface area contributed by atoms with Crippen LogP contribution in [0.1, 0.15) is 28.8 Å². The van der Waals surface area contributed by atoms with Crippen LogP contribution in [0.25, 0.3) is 0 Å². The van der Waals surface area contributed by atoms with Crippen molar-refractivity contribution in [2.24, 2.45) is 0 Å². The van der Waals surface area contributed by atoms with Crippen LogP contribution in [0.5, 0.6) is 11.5 Å². The van der Waals surface area contributed by atoms with Crippen molar-refractivity contribution in [2.75, 3.05) is 0 Å². The number of rotatable bonds is 4. The molecule has 0 spiro atoms. The van der Waals surface area contributed by atoms with Crippen LogP contribution >= 0.6 is 0 Å². The van der Waals surface area contributed by atoms with Crippen LogP contribution in [0.15, 0.2) is 30.5 Å². The zero-order chi connectivity index (χ0) is 13.8. The standard InChI is InChI=1S/C14H14N2O3/c1-3-11-13(5-4-9(2)16-11)19-10-6-7-15-12(8-10)14(17)18/h4-8H,3H2,1-2H3,(H,17,18). The minimum atomic E-state index is -1.08. The van der Waals surface area contributed by atoms with Crippen LogP contribution < -0.4 is 4.74 Å². The second-order valence-electron chi connectivity index (χ2n) is 4.04. The van der Waals surface area contributed by atoms with Crippen molar-refractivity contribution in [1.29, 1.82) is 0 Å². The van der Waals surface area contributed by atoms with Gasteiger partial charge in [0.2, 0.25) is 0 Å². The maximum atomic E-state index is 10.8. The van der Waals surface area contributed by atoms with Crippen LogP contribution in [-0.2, 0) is 6.42 Å². The highest BCUT2D eigenvalue weighted by molar-refractivity contribution is 5.85. The summed E-state index contributed by atoms with van der Waals surface area (Å²) in [4.78, 5) is 19.0. The number of carboxylic acids is 1. The van der Waals surface area contributed by atoms with Gasteiger partial charge in [-0.15, -0.1) is 0 Å². The van der Waals surface area contributed by atoms with E-state index in [-0.39, 0.29) is 5.69 Å². The zero-order valence-corrected chi connectivity index (χ0v) is 10.8. The van der Waals surface area contributed by atoms with Crippen molar-refractivity contribution in [3.63, 3.8) is 0 Å². The lowest BCUT2D eigenvalue weighted by atomic mass is 10.2. The predicted molar refractivity (Wildman–Crippen MR) is 69.6 cm³/mol. The first-order chi connectivity index (χ1) is 9.10. The van der Waals surface area contributed by atoms with E-state index >= 15 is 0 Å². The largest absolute Gasteiger partial charge is 0.477 e. The van der Waals surface area contributed by atoms with Gasteiger partial charge in [-0.1, -0.05) is 6.92 Å². The van der Waals surface area contributed by atoms with E-state index in [9.17, 15) is 4.79 Å². The average Bonchev–Trinajstić information content (AvgIpc) is 2.41. The fourth-order valence-corrected chi connectivity index (χ4v) is 1.66. The number of hydrogen-bond donors (Lipinski definition) is 1. The van der Waals surface area contributed by atoms with E-state index in [4.69, 9.17) is 9.84 Å². The Morgan fingerprint density at radius 1 is 1.37 bits per heavy atom. The third kappa shape index (κ3) is 3.07.